The molecule has 0 bridgehead atoms. The van der Waals surface area contributed by atoms with Gasteiger partial charge in [0.15, 0.2) is 27.2 Å². The van der Waals surface area contributed by atoms with Crippen LogP contribution in [0.3, 0.4) is 0 Å². The Kier molecular flexibility index (Phi) is 48.0. The predicted molar refractivity (Wildman–Crippen MR) is 448 cm³/mol. The minimum absolute atomic E-state index is 0.00126. The first-order chi connectivity index (χ1) is 58.3. The van der Waals surface area contributed by atoms with Gasteiger partial charge in [-0.1, -0.05) is 123 Å². The Hall–Kier alpha value is -6.82. The molecule has 0 aliphatic carbocycles. The van der Waals surface area contributed by atoms with Gasteiger partial charge in [0.2, 0.25) is 0 Å². The van der Waals surface area contributed by atoms with Crippen LogP contribution in [0.2, 0.25) is 10.0 Å². The Morgan fingerprint density at radius 1 is 0.480 bits per heavy atom. The van der Waals surface area contributed by atoms with Crippen LogP contribution in [0.1, 0.15) is 56.6 Å². The zero-order valence-corrected chi connectivity index (χ0v) is 76.5. The lowest BCUT2D eigenvalue weighted by Gasteiger charge is -2.20. The normalized spacial score (nSPS) is 11.7. The van der Waals surface area contributed by atoms with Crippen LogP contribution in [0.5, 0.6) is 17.2 Å². The van der Waals surface area contributed by atoms with Crippen LogP contribution in [0.25, 0.3) is 11.1 Å². The number of rotatable bonds is 12. The highest BCUT2D eigenvalue weighted by molar-refractivity contribution is 9.11. The van der Waals surface area contributed by atoms with Crippen LogP contribution in [0, 0.1) is 114 Å². The maximum Gasteiger partial charge on any atom is 0.522 e. The largest absolute Gasteiger partial charge is 0.741 e. The number of phenolic OH excluding ortho intramolecular Hbond substituents is 1. The van der Waals surface area contributed by atoms with Gasteiger partial charge in [0, 0.05) is 99.3 Å². The monoisotopic (exact) mass is 2260 g/mol. The van der Waals surface area contributed by atoms with E-state index < -0.39 is 188 Å². The molecule has 11 rings (SSSR count). The van der Waals surface area contributed by atoms with Crippen LogP contribution in [-0.2, 0) is 43.8 Å². The molecule has 1 aliphatic rings. The van der Waals surface area contributed by atoms with Gasteiger partial charge in [-0.05, 0) is 152 Å². The van der Waals surface area contributed by atoms with Crippen LogP contribution in [-0.4, -0.2) is 91.7 Å². The molecule has 0 saturated heterocycles. The number of thioether (sulfide) groups is 1. The molecular weight excluding hydrogens is 2220 g/mol. The molecule has 0 spiro atoms. The molecule has 0 atom stereocenters. The minimum Gasteiger partial charge on any atom is -0.741 e. The third-order valence-electron chi connectivity index (χ3n) is 14.1. The second-order valence-electron chi connectivity index (χ2n) is 23.6. The molecule has 10 aromatic carbocycles. The molecular formula is C75H52BBr4Cl3F26O12S6. The van der Waals surface area contributed by atoms with Crippen molar-refractivity contribution < 1.29 is 170 Å². The van der Waals surface area contributed by atoms with Crippen molar-refractivity contribution in [3.63, 3.8) is 0 Å². The number of hydrogen-bond acceptors (Lipinski definition) is 14. The van der Waals surface area contributed by atoms with Gasteiger partial charge in [0.05, 0.1) is 0 Å². The van der Waals surface area contributed by atoms with Crippen molar-refractivity contribution in [3.05, 3.63) is 312 Å². The highest BCUT2D eigenvalue weighted by Crippen LogP contribution is 2.40. The van der Waals surface area contributed by atoms with E-state index in [1.807, 2.05) is 0 Å². The average molecular weight is 2270 g/mol. The average Bonchev–Trinajstić information content (AvgIpc) is 0.787. The summed E-state index contributed by atoms with van der Waals surface area (Å²) < 4.78 is 394. The first-order valence-corrected chi connectivity index (χ1v) is 43.4. The fourth-order valence-electron chi connectivity index (χ4n) is 8.14. The molecule has 52 heteroatoms. The number of carbonyl (C=O) groups is 1. The van der Waals surface area contributed by atoms with Crippen molar-refractivity contribution in [2.45, 2.75) is 56.8 Å². The Balaban J connectivity index is 0.000000498. The van der Waals surface area contributed by atoms with Crippen LogP contribution >= 0.6 is 136 Å². The van der Waals surface area contributed by atoms with Crippen LogP contribution in [0.15, 0.2) is 170 Å². The summed E-state index contributed by atoms with van der Waals surface area (Å²) in [5.41, 5.74) is -15.2. The van der Waals surface area contributed by atoms with E-state index in [0.717, 1.165) is 84.2 Å². The summed E-state index contributed by atoms with van der Waals surface area (Å²) in [4.78, 5) is 10.5. The summed E-state index contributed by atoms with van der Waals surface area (Å²) in [6.07, 6.45) is -6.76. The second-order valence-corrected chi connectivity index (χ2v) is 34.6. The molecule has 1 aliphatic heterocycles. The summed E-state index contributed by atoms with van der Waals surface area (Å²) >= 11 is 38.8. The molecule has 127 heavy (non-hydrogen) atoms. The SMILES string of the molecule is Cc1c(F)cc(O)cc1F.Cc1c(F)cc(OC(F)(F)c2c(F)cc(-c3ccc(Cl)cc3)cc2F)cc1F.Cc1c(F)cc(OC(F)(F)c2c(F)cc(Br)cc2F)cc1F.Fc1cc(Br)cc(F)c1C1=[S+]CCCS1.Fc1cc(F)cc(Br)c1.O=C(Cl)c1c(F)cc(Br)cc1F.O=S(=O)(O)C(F)(F)F.O=S(=O)([O-])C(F)(F)F.OB(O)c1ccc(Cl)cc1.SCCCS. The Morgan fingerprint density at radius 2 is 0.787 bits per heavy atom. The summed E-state index contributed by atoms with van der Waals surface area (Å²) in [7, 11) is -13.3. The lowest BCUT2D eigenvalue weighted by Crippen LogP contribution is -2.29. The molecule has 0 unspecified atom stereocenters. The van der Waals surface area contributed by atoms with E-state index in [-0.39, 0.29) is 31.4 Å². The fraction of sp³-hybridized carbons (Fsp3) is 0.173. The van der Waals surface area contributed by atoms with Gasteiger partial charge in [-0.3, -0.25) is 9.35 Å². The van der Waals surface area contributed by atoms with E-state index in [9.17, 15) is 119 Å². The third-order valence-corrected chi connectivity index (χ3v) is 21.1. The van der Waals surface area contributed by atoms with E-state index in [4.69, 9.17) is 75.9 Å². The lowest BCUT2D eigenvalue weighted by atomic mass is 9.81. The zero-order chi connectivity index (χ0) is 97.7. The van der Waals surface area contributed by atoms with Gasteiger partial charge >= 0.3 is 40.5 Å². The van der Waals surface area contributed by atoms with Gasteiger partial charge in [-0.25, -0.2) is 78.7 Å². The van der Waals surface area contributed by atoms with E-state index in [0.29, 0.717) is 78.5 Å². The van der Waals surface area contributed by atoms with E-state index in [2.05, 4.69) is 98.5 Å². The minimum atomic E-state index is -6.09. The number of hydrogen-bond donors (Lipinski definition) is 6. The van der Waals surface area contributed by atoms with E-state index in [1.54, 1.807) is 24.3 Å². The predicted octanol–water partition coefficient (Wildman–Crippen LogP) is 25.4. The molecule has 0 saturated carbocycles. The van der Waals surface area contributed by atoms with Gasteiger partial charge in [-0.15, -0.1) is 0 Å². The van der Waals surface area contributed by atoms with Gasteiger partial charge in [-0.2, -0.15) is 77.6 Å². The number of carbonyl (C=O) groups excluding carboxylic acids is 1. The van der Waals surface area contributed by atoms with Gasteiger partial charge in [0.1, 0.15) is 133 Å². The van der Waals surface area contributed by atoms with E-state index in [1.165, 1.54) is 78.6 Å². The molecule has 1 heterocycles. The Morgan fingerprint density at radius 3 is 1.07 bits per heavy atom. The van der Waals surface area contributed by atoms with Crippen molar-refractivity contribution in [1.82, 2.24) is 0 Å². The number of phenols is 1. The number of thiol groups is 2. The van der Waals surface area contributed by atoms with Crippen LogP contribution in [0.4, 0.5) is 114 Å². The van der Waals surface area contributed by atoms with Crippen LogP contribution < -0.4 is 14.9 Å². The number of aromatic hydroxyl groups is 1. The highest BCUT2D eigenvalue weighted by Gasteiger charge is 2.45. The quantitative estimate of drug-likeness (QED) is 0.00985. The Bertz CT molecular complexity index is 5420. The molecule has 12 nitrogen and oxygen atoms in total. The van der Waals surface area contributed by atoms with Gasteiger partial charge in [0.25, 0.3) is 9.44 Å². The van der Waals surface area contributed by atoms with Crippen molar-refractivity contribution >= 4 is 189 Å². The topological polar surface area (TPSA) is 208 Å². The fourth-order valence-corrected chi connectivity index (χ4v) is 13.4. The molecule has 0 radical (unpaired) electrons. The highest BCUT2D eigenvalue weighted by atomic mass is 79.9. The first kappa shape index (κ1) is 116. The molecule has 0 aromatic heterocycles. The van der Waals surface area contributed by atoms with Crippen molar-refractivity contribution in [2.24, 2.45) is 0 Å². The molecule has 694 valence electrons. The van der Waals surface area contributed by atoms with E-state index >= 15 is 0 Å². The molecule has 10 aromatic rings. The number of ether oxygens (including phenoxy) is 2. The molecule has 4 N–H and O–H groups in total. The van der Waals surface area contributed by atoms with Crippen molar-refractivity contribution in [2.75, 3.05) is 23.0 Å². The summed E-state index contributed by atoms with van der Waals surface area (Å²) in [5, 5.41) is 25.7. The summed E-state index contributed by atoms with van der Waals surface area (Å²) in [6, 6.07) is 26.4. The standard InChI is InChI=1S/C20H11ClF6O.C14H7BrF6O.C10H8BrF2S2.C7H2BrClF2O.C7H6F2O.C6H6BClO2.C6H3BrF2.C3H8S2.2CHF3O3S/c1-10-15(22)8-14(9-16(10)23)28-20(26,27)19-17(24)6-12(7-18(19)25)11-2-4-13(21)5-3-11;1-6-9(16)4-8(5-10(6)17)22-14(20,21)13-11(18)2-7(15)3-12(13)19;11-6-4-7(12)9(8(13)5-6)10-14-2-1-3-15-10;8-3-1-4(10)6(7(9)12)5(11)2-3;1-4-6(8)2-5(10)3-7(4)9;8-6-3-1-5(2-4-6)7(9)10;7-4-1-5(8)3-6(9)2-4;4-2-1-3-5;2*2-1(3,4)8(5,6)7/h2-9H,1H3;2-5H,1H3;4-5H,1-3H2;1-2H;2-3,10H,1H3;1-4,9-10H;1-3H;4-5H,1-3H2;2*(H,5,6,7)/q;;+1;;;;;;;/p-1. The first-order valence-electron chi connectivity index (χ1n) is 33.0. The smallest absolute Gasteiger partial charge is 0.522 e. The van der Waals surface area contributed by atoms with Crippen molar-refractivity contribution in [1.29, 1.82) is 0 Å². The summed E-state index contributed by atoms with van der Waals surface area (Å²) in [5.74, 6) is -14.7. The zero-order valence-electron chi connectivity index (χ0n) is 62.8. The summed E-state index contributed by atoms with van der Waals surface area (Å²) in [6.45, 7) is 3.51. The number of alkyl halides is 10. The third kappa shape index (κ3) is 39.6. The molecule has 0 fully saturated rings. The van der Waals surface area contributed by atoms with Gasteiger partial charge < -0.3 is 29.2 Å². The maximum absolute atomic E-state index is 14.3. The second kappa shape index (κ2) is 52.4. The maximum atomic E-state index is 14.3. The number of benzene rings is 10. The lowest BCUT2D eigenvalue weighted by molar-refractivity contribution is -0.190. The van der Waals surface area contributed by atoms with Crippen molar-refractivity contribution in [3.8, 4) is 28.4 Å². The molecule has 0 amide bonds. The number of halogens is 33. The Labute approximate surface area is 772 Å².